The Kier molecular flexibility index (Phi) is 3.26. The molecule has 1 aromatic heterocycles. The fourth-order valence-corrected chi connectivity index (χ4v) is 2.25. The van der Waals surface area contributed by atoms with E-state index >= 15 is 0 Å². The van der Waals surface area contributed by atoms with Crippen molar-refractivity contribution in [2.24, 2.45) is 11.1 Å². The van der Waals surface area contributed by atoms with Crippen LogP contribution in [0.4, 0.5) is 0 Å². The first-order valence-electron chi connectivity index (χ1n) is 5.64. The van der Waals surface area contributed by atoms with Gasteiger partial charge in [0.2, 0.25) is 5.91 Å². The van der Waals surface area contributed by atoms with E-state index < -0.39 is 5.41 Å². The maximum absolute atomic E-state index is 12.2. The molecule has 96 valence electrons. The highest BCUT2D eigenvalue weighted by molar-refractivity contribution is 6.32. The van der Waals surface area contributed by atoms with E-state index in [0.29, 0.717) is 25.1 Å². The van der Waals surface area contributed by atoms with E-state index in [1.165, 1.54) is 6.20 Å². The van der Waals surface area contributed by atoms with Crippen LogP contribution >= 0.6 is 11.6 Å². The van der Waals surface area contributed by atoms with Gasteiger partial charge in [-0.05, 0) is 25.5 Å². The normalized spacial score (nSPS) is 23.1. The summed E-state index contributed by atoms with van der Waals surface area (Å²) in [5.74, 6) is -0.590. The highest BCUT2D eigenvalue weighted by Crippen LogP contribution is 2.30. The van der Waals surface area contributed by atoms with Gasteiger partial charge in [0, 0.05) is 19.3 Å². The third kappa shape index (κ3) is 2.18. The fraction of sp³-hybridized carbons (Fsp3) is 0.417. The lowest BCUT2D eigenvalue weighted by atomic mass is 9.89. The lowest BCUT2D eigenvalue weighted by Crippen LogP contribution is -2.38. The Bertz CT molecular complexity index is 506. The molecule has 0 saturated carbocycles. The molecule has 1 saturated heterocycles. The lowest BCUT2D eigenvalue weighted by molar-refractivity contribution is -0.126. The molecule has 0 aliphatic carbocycles. The van der Waals surface area contributed by atoms with Crippen molar-refractivity contribution in [3.05, 3.63) is 29.0 Å². The number of nitrogens with zero attached hydrogens (tertiary/aromatic N) is 2. The number of carbonyl (C=O) groups excluding carboxylic acids is 2. The van der Waals surface area contributed by atoms with Gasteiger partial charge in [0.1, 0.15) is 5.15 Å². The second kappa shape index (κ2) is 4.57. The van der Waals surface area contributed by atoms with E-state index in [9.17, 15) is 9.59 Å². The molecule has 6 heteroatoms. The van der Waals surface area contributed by atoms with Gasteiger partial charge in [-0.1, -0.05) is 11.6 Å². The first-order valence-corrected chi connectivity index (χ1v) is 6.01. The molecule has 2 amide bonds. The molecule has 1 aliphatic heterocycles. The molecule has 1 aromatic rings. The van der Waals surface area contributed by atoms with Crippen LogP contribution in [0.2, 0.25) is 5.15 Å². The summed E-state index contributed by atoms with van der Waals surface area (Å²) in [6.45, 7) is 2.60. The zero-order valence-electron chi connectivity index (χ0n) is 10.0. The Hall–Kier alpha value is -1.62. The van der Waals surface area contributed by atoms with Crippen molar-refractivity contribution >= 4 is 23.4 Å². The van der Waals surface area contributed by atoms with Crippen LogP contribution in [0.1, 0.15) is 23.7 Å². The maximum Gasteiger partial charge on any atom is 0.257 e. The van der Waals surface area contributed by atoms with Crippen LogP contribution in [-0.4, -0.2) is 34.8 Å². The van der Waals surface area contributed by atoms with Crippen LogP contribution in [0.15, 0.2) is 18.3 Å². The van der Waals surface area contributed by atoms with Gasteiger partial charge in [-0.15, -0.1) is 0 Å². The maximum atomic E-state index is 12.2. The molecule has 1 unspecified atom stereocenters. The second-order valence-electron chi connectivity index (χ2n) is 4.74. The minimum atomic E-state index is -0.648. The minimum absolute atomic E-state index is 0.176. The average molecular weight is 268 g/mol. The van der Waals surface area contributed by atoms with Crippen LogP contribution in [0.5, 0.6) is 0 Å². The smallest absolute Gasteiger partial charge is 0.257 e. The number of carbonyl (C=O) groups is 2. The highest BCUT2D eigenvalue weighted by Gasteiger charge is 2.41. The molecule has 0 radical (unpaired) electrons. The number of hydrogen-bond donors (Lipinski definition) is 1. The largest absolute Gasteiger partial charge is 0.369 e. The second-order valence-corrected chi connectivity index (χ2v) is 5.10. The molecule has 0 bridgehead atoms. The molecule has 2 N–H and O–H groups in total. The van der Waals surface area contributed by atoms with Crippen LogP contribution < -0.4 is 5.73 Å². The lowest BCUT2D eigenvalue weighted by Gasteiger charge is -2.21. The van der Waals surface area contributed by atoms with Crippen molar-refractivity contribution in [2.45, 2.75) is 13.3 Å². The van der Waals surface area contributed by atoms with Crippen molar-refractivity contribution in [2.75, 3.05) is 13.1 Å². The van der Waals surface area contributed by atoms with Gasteiger partial charge in [-0.2, -0.15) is 0 Å². The Morgan fingerprint density at radius 2 is 2.28 bits per heavy atom. The fourth-order valence-electron chi connectivity index (χ4n) is 2.05. The van der Waals surface area contributed by atoms with Crippen LogP contribution in [0, 0.1) is 5.41 Å². The highest BCUT2D eigenvalue weighted by atomic mass is 35.5. The Labute approximate surface area is 110 Å². The number of aromatic nitrogens is 1. The predicted octanol–water partition coefficient (Wildman–Crippen LogP) is 1.07. The summed E-state index contributed by atoms with van der Waals surface area (Å²) in [5, 5.41) is 0.176. The van der Waals surface area contributed by atoms with Crippen LogP contribution in [0.3, 0.4) is 0 Å². The minimum Gasteiger partial charge on any atom is -0.369 e. The molecule has 0 spiro atoms. The molecule has 1 fully saturated rings. The molecule has 0 aromatic carbocycles. The Morgan fingerprint density at radius 1 is 1.56 bits per heavy atom. The number of nitrogens with two attached hydrogens (primary N) is 1. The first-order chi connectivity index (χ1) is 8.44. The number of pyridine rings is 1. The summed E-state index contributed by atoms with van der Waals surface area (Å²) in [6.07, 6.45) is 2.10. The zero-order chi connectivity index (χ0) is 13.3. The quantitative estimate of drug-likeness (QED) is 0.815. The molecule has 5 nitrogen and oxygen atoms in total. The van der Waals surface area contributed by atoms with Gasteiger partial charge in [-0.3, -0.25) is 9.59 Å². The number of halogens is 1. The van der Waals surface area contributed by atoms with Gasteiger partial charge in [0.15, 0.2) is 0 Å². The standard InChI is InChI=1S/C12H14ClN3O2/c1-12(11(14)18)4-6-16(7-12)10(17)8-3-2-5-15-9(8)13/h2-3,5H,4,6-7H2,1H3,(H2,14,18). The summed E-state index contributed by atoms with van der Waals surface area (Å²) >= 11 is 5.88. The van der Waals surface area contributed by atoms with E-state index in [4.69, 9.17) is 17.3 Å². The molecule has 2 heterocycles. The van der Waals surface area contributed by atoms with E-state index in [1.54, 1.807) is 24.0 Å². The van der Waals surface area contributed by atoms with Crippen molar-refractivity contribution in [3.63, 3.8) is 0 Å². The Balaban J connectivity index is 2.18. The number of rotatable bonds is 2. The average Bonchev–Trinajstić information content (AvgIpc) is 2.73. The summed E-state index contributed by atoms with van der Waals surface area (Å²) in [4.78, 5) is 29.0. The van der Waals surface area contributed by atoms with Gasteiger partial charge in [0.05, 0.1) is 11.0 Å². The van der Waals surface area contributed by atoms with Gasteiger partial charge < -0.3 is 10.6 Å². The molecular formula is C12H14ClN3O2. The number of primary amides is 1. The van der Waals surface area contributed by atoms with Crippen LogP contribution in [-0.2, 0) is 4.79 Å². The molecule has 1 atom stereocenters. The summed E-state index contributed by atoms with van der Waals surface area (Å²) in [6, 6.07) is 3.28. The SMILES string of the molecule is CC1(C(N)=O)CCN(C(=O)c2cccnc2Cl)C1. The summed E-state index contributed by atoms with van der Waals surface area (Å²) in [7, 11) is 0. The third-order valence-corrected chi connectivity index (χ3v) is 3.65. The predicted molar refractivity (Wildman–Crippen MR) is 67.1 cm³/mol. The Morgan fingerprint density at radius 3 is 2.83 bits per heavy atom. The number of likely N-dealkylation sites (tertiary alicyclic amines) is 1. The summed E-state index contributed by atoms with van der Waals surface area (Å²) in [5.41, 5.74) is 5.05. The van der Waals surface area contributed by atoms with Gasteiger partial charge in [-0.25, -0.2) is 4.98 Å². The third-order valence-electron chi connectivity index (χ3n) is 3.34. The monoisotopic (exact) mass is 267 g/mol. The molecule has 1 aliphatic rings. The van der Waals surface area contributed by atoms with Crippen LogP contribution in [0.25, 0.3) is 0 Å². The van der Waals surface area contributed by atoms with Gasteiger partial charge >= 0.3 is 0 Å². The van der Waals surface area contributed by atoms with E-state index in [0.717, 1.165) is 0 Å². The number of hydrogen-bond acceptors (Lipinski definition) is 3. The van der Waals surface area contributed by atoms with Crippen molar-refractivity contribution in [1.82, 2.24) is 9.88 Å². The van der Waals surface area contributed by atoms with Crippen molar-refractivity contribution < 1.29 is 9.59 Å². The van der Waals surface area contributed by atoms with Gasteiger partial charge in [0.25, 0.3) is 5.91 Å². The molecule has 18 heavy (non-hydrogen) atoms. The van der Waals surface area contributed by atoms with Crippen molar-refractivity contribution in [3.8, 4) is 0 Å². The van der Waals surface area contributed by atoms with E-state index in [-0.39, 0.29) is 17.0 Å². The zero-order valence-corrected chi connectivity index (χ0v) is 10.8. The van der Waals surface area contributed by atoms with Crippen molar-refractivity contribution in [1.29, 1.82) is 0 Å². The number of amides is 2. The van der Waals surface area contributed by atoms with E-state index in [1.807, 2.05) is 0 Å². The topological polar surface area (TPSA) is 76.3 Å². The molecule has 2 rings (SSSR count). The van der Waals surface area contributed by atoms with E-state index in [2.05, 4.69) is 4.98 Å². The first kappa shape index (κ1) is 12.8. The summed E-state index contributed by atoms with van der Waals surface area (Å²) < 4.78 is 0. The molecular weight excluding hydrogens is 254 g/mol.